The van der Waals surface area contributed by atoms with E-state index in [1.54, 1.807) is 0 Å². The highest BCUT2D eigenvalue weighted by atomic mass is 15.2. The van der Waals surface area contributed by atoms with Gasteiger partial charge < -0.3 is 9.80 Å². The van der Waals surface area contributed by atoms with Crippen molar-refractivity contribution in [1.29, 1.82) is 0 Å². The summed E-state index contributed by atoms with van der Waals surface area (Å²) < 4.78 is 0. The molecule has 8 aromatic carbocycles. The molecule has 0 atom stereocenters. The van der Waals surface area contributed by atoms with Crippen molar-refractivity contribution in [2.75, 3.05) is 9.80 Å². The summed E-state index contributed by atoms with van der Waals surface area (Å²) in [6.45, 7) is 0. The van der Waals surface area contributed by atoms with Gasteiger partial charge in [0.15, 0.2) is 0 Å². The average Bonchev–Trinajstić information content (AvgIpc) is 3.06. The van der Waals surface area contributed by atoms with Crippen LogP contribution in [0.25, 0.3) is 32.3 Å². The Morgan fingerprint density at radius 3 is 1.31 bits per heavy atom. The first-order valence-corrected chi connectivity index (χ1v) is 14.4. The van der Waals surface area contributed by atoms with E-state index < -0.39 is 0 Å². The van der Waals surface area contributed by atoms with Crippen molar-refractivity contribution in [3.8, 4) is 0 Å². The number of hydrogen-bond acceptors (Lipinski definition) is 2. The zero-order valence-electron chi connectivity index (χ0n) is 23.1. The van der Waals surface area contributed by atoms with Gasteiger partial charge in [-0.05, 0) is 87.6 Å². The van der Waals surface area contributed by atoms with Crippen LogP contribution >= 0.6 is 0 Å². The first-order chi connectivity index (χ1) is 20.8. The molecule has 0 fully saturated rings. The van der Waals surface area contributed by atoms with Gasteiger partial charge in [-0.15, -0.1) is 0 Å². The molecule has 0 amide bonds. The van der Waals surface area contributed by atoms with Gasteiger partial charge in [0.05, 0.1) is 5.69 Å². The predicted molar refractivity (Wildman–Crippen MR) is 180 cm³/mol. The number of benzene rings is 8. The van der Waals surface area contributed by atoms with Gasteiger partial charge in [0.1, 0.15) is 0 Å². The quantitative estimate of drug-likeness (QED) is 0.195. The Hall–Kier alpha value is -5.60. The van der Waals surface area contributed by atoms with Crippen molar-refractivity contribution in [2.24, 2.45) is 0 Å². The summed E-state index contributed by atoms with van der Waals surface area (Å²) in [6.07, 6.45) is 0. The second-order valence-electron chi connectivity index (χ2n) is 10.6. The van der Waals surface area contributed by atoms with E-state index in [1.807, 2.05) is 0 Å². The molecule has 2 nitrogen and oxygen atoms in total. The highest BCUT2D eigenvalue weighted by molar-refractivity contribution is 6.25. The summed E-state index contributed by atoms with van der Waals surface area (Å²) >= 11 is 0. The standard InChI is InChI=1S/C40H28N2/c1-4-14-32(15-5-1)41(33-16-6-2-7-17-33)35-20-11-21-36(28-35)42(34-18-8-3-9-19-34)38-27-25-31-23-22-29-12-10-13-30-24-26-37(38)40(31)39(29)30/h1-28H. The molecule has 0 spiro atoms. The van der Waals surface area contributed by atoms with Crippen LogP contribution in [0.2, 0.25) is 0 Å². The molecular formula is C40H28N2. The van der Waals surface area contributed by atoms with Crippen molar-refractivity contribution < 1.29 is 0 Å². The number of rotatable bonds is 6. The molecule has 42 heavy (non-hydrogen) atoms. The van der Waals surface area contributed by atoms with Crippen LogP contribution in [0.1, 0.15) is 0 Å². The summed E-state index contributed by atoms with van der Waals surface area (Å²) in [6, 6.07) is 60.9. The van der Waals surface area contributed by atoms with Gasteiger partial charge in [0.25, 0.3) is 0 Å². The summed E-state index contributed by atoms with van der Waals surface area (Å²) in [5, 5.41) is 7.70. The third-order valence-electron chi connectivity index (χ3n) is 8.14. The van der Waals surface area contributed by atoms with Gasteiger partial charge in [-0.25, -0.2) is 0 Å². The van der Waals surface area contributed by atoms with Gasteiger partial charge in [-0.3, -0.25) is 0 Å². The highest BCUT2D eigenvalue weighted by Gasteiger charge is 2.20. The van der Waals surface area contributed by atoms with Crippen LogP contribution in [0.3, 0.4) is 0 Å². The lowest BCUT2D eigenvalue weighted by molar-refractivity contribution is 1.25. The monoisotopic (exact) mass is 536 g/mol. The molecule has 0 saturated carbocycles. The fraction of sp³-hybridized carbons (Fsp3) is 0. The van der Waals surface area contributed by atoms with Crippen molar-refractivity contribution in [1.82, 2.24) is 0 Å². The van der Waals surface area contributed by atoms with Crippen LogP contribution in [-0.4, -0.2) is 0 Å². The van der Waals surface area contributed by atoms with Crippen molar-refractivity contribution in [3.63, 3.8) is 0 Å². The minimum atomic E-state index is 1.10. The Bertz CT molecular complexity index is 2080. The van der Waals surface area contributed by atoms with E-state index in [9.17, 15) is 0 Å². The van der Waals surface area contributed by atoms with Gasteiger partial charge in [-0.2, -0.15) is 0 Å². The summed E-state index contributed by atoms with van der Waals surface area (Å²) in [4.78, 5) is 4.71. The molecule has 0 unspecified atom stereocenters. The van der Waals surface area contributed by atoms with Gasteiger partial charge in [-0.1, -0.05) is 109 Å². The van der Waals surface area contributed by atoms with E-state index in [1.165, 1.54) is 32.3 Å². The Balaban J connectivity index is 1.36. The second-order valence-corrected chi connectivity index (χ2v) is 10.6. The zero-order valence-corrected chi connectivity index (χ0v) is 23.1. The lowest BCUT2D eigenvalue weighted by Gasteiger charge is -2.30. The molecule has 0 saturated heterocycles. The number of hydrogen-bond donors (Lipinski definition) is 0. The molecule has 0 aliphatic rings. The van der Waals surface area contributed by atoms with Crippen LogP contribution in [0, 0.1) is 0 Å². The third kappa shape index (κ3) is 4.05. The molecule has 8 aromatic rings. The summed E-state index contributed by atoms with van der Waals surface area (Å²) in [5.74, 6) is 0. The van der Waals surface area contributed by atoms with Crippen LogP contribution < -0.4 is 9.80 Å². The smallest absolute Gasteiger partial charge is 0.0540 e. The van der Waals surface area contributed by atoms with Crippen molar-refractivity contribution in [2.45, 2.75) is 0 Å². The van der Waals surface area contributed by atoms with Crippen LogP contribution in [0.4, 0.5) is 34.1 Å². The van der Waals surface area contributed by atoms with E-state index in [0.717, 1.165) is 34.1 Å². The maximum absolute atomic E-state index is 2.39. The Kier molecular flexibility index (Phi) is 5.82. The lowest BCUT2D eigenvalue weighted by Crippen LogP contribution is -2.13. The minimum absolute atomic E-state index is 1.10. The molecule has 0 aliphatic carbocycles. The fourth-order valence-corrected chi connectivity index (χ4v) is 6.29. The molecule has 8 rings (SSSR count). The summed E-state index contributed by atoms with van der Waals surface area (Å²) in [7, 11) is 0. The van der Waals surface area contributed by atoms with E-state index in [2.05, 4.69) is 180 Å². The zero-order chi connectivity index (χ0) is 27.9. The highest BCUT2D eigenvalue weighted by Crippen LogP contribution is 2.45. The molecule has 2 heteroatoms. The first kappa shape index (κ1) is 24.2. The SMILES string of the molecule is c1ccc(N(c2ccccc2)c2cccc(N(c3ccccc3)c3ccc4ccc5cccc6ccc3c4c56)c2)cc1. The van der Waals surface area contributed by atoms with Gasteiger partial charge >= 0.3 is 0 Å². The Morgan fingerprint density at radius 1 is 0.286 bits per heavy atom. The second kappa shape index (κ2) is 10.1. The maximum atomic E-state index is 2.39. The minimum Gasteiger partial charge on any atom is -0.310 e. The predicted octanol–water partition coefficient (Wildman–Crippen LogP) is 11.5. The number of para-hydroxylation sites is 3. The largest absolute Gasteiger partial charge is 0.310 e. The lowest BCUT2D eigenvalue weighted by atomic mass is 9.93. The average molecular weight is 537 g/mol. The van der Waals surface area contributed by atoms with Gasteiger partial charge in [0, 0.05) is 33.8 Å². The maximum Gasteiger partial charge on any atom is 0.0540 e. The van der Waals surface area contributed by atoms with Crippen LogP contribution in [-0.2, 0) is 0 Å². The van der Waals surface area contributed by atoms with E-state index in [0.29, 0.717) is 0 Å². The van der Waals surface area contributed by atoms with Crippen LogP contribution in [0.5, 0.6) is 0 Å². The van der Waals surface area contributed by atoms with E-state index in [-0.39, 0.29) is 0 Å². The molecule has 198 valence electrons. The van der Waals surface area contributed by atoms with E-state index in [4.69, 9.17) is 0 Å². The molecular weight excluding hydrogens is 508 g/mol. The Morgan fingerprint density at radius 2 is 0.714 bits per heavy atom. The topological polar surface area (TPSA) is 6.48 Å². The molecule has 0 bridgehead atoms. The first-order valence-electron chi connectivity index (χ1n) is 14.4. The van der Waals surface area contributed by atoms with Crippen LogP contribution in [0.15, 0.2) is 170 Å². The number of nitrogens with zero attached hydrogens (tertiary/aromatic N) is 2. The molecule has 0 aliphatic heterocycles. The molecule has 0 aromatic heterocycles. The molecule has 0 N–H and O–H groups in total. The van der Waals surface area contributed by atoms with E-state index >= 15 is 0 Å². The number of anilines is 6. The Labute approximate surface area is 245 Å². The third-order valence-corrected chi connectivity index (χ3v) is 8.14. The molecule has 0 radical (unpaired) electrons. The molecule has 0 heterocycles. The van der Waals surface area contributed by atoms with Crippen molar-refractivity contribution >= 4 is 66.4 Å². The summed E-state index contributed by atoms with van der Waals surface area (Å²) in [5.41, 5.74) is 6.73. The van der Waals surface area contributed by atoms with Crippen molar-refractivity contribution in [3.05, 3.63) is 170 Å². The normalized spacial score (nSPS) is 11.3. The van der Waals surface area contributed by atoms with Gasteiger partial charge in [0.2, 0.25) is 0 Å². The fourth-order valence-electron chi connectivity index (χ4n) is 6.29.